The van der Waals surface area contributed by atoms with E-state index in [0.717, 1.165) is 6.42 Å². The summed E-state index contributed by atoms with van der Waals surface area (Å²) >= 11 is 0. The van der Waals surface area contributed by atoms with Crippen LogP contribution in [0.5, 0.6) is 0 Å². The van der Waals surface area contributed by atoms with Crippen molar-refractivity contribution in [3.63, 3.8) is 0 Å². The van der Waals surface area contributed by atoms with Crippen molar-refractivity contribution in [3.8, 4) is 0 Å². The first-order valence-corrected chi connectivity index (χ1v) is 7.35. The van der Waals surface area contributed by atoms with Crippen LogP contribution < -0.4 is 5.32 Å². The van der Waals surface area contributed by atoms with Crippen LogP contribution in [0.25, 0.3) is 0 Å². The van der Waals surface area contributed by atoms with Crippen molar-refractivity contribution in [3.05, 3.63) is 53.9 Å². The third-order valence-corrected chi connectivity index (χ3v) is 3.59. The fourth-order valence-electron chi connectivity index (χ4n) is 2.52. The summed E-state index contributed by atoms with van der Waals surface area (Å²) in [4.78, 5) is 0. The van der Waals surface area contributed by atoms with Crippen molar-refractivity contribution in [2.45, 2.75) is 39.3 Å². The highest BCUT2D eigenvalue weighted by atomic mass is 15.2. The monoisotopic (exact) mass is 271 g/mol. The van der Waals surface area contributed by atoms with E-state index < -0.39 is 0 Å². The summed E-state index contributed by atoms with van der Waals surface area (Å²) in [5.41, 5.74) is 2.59. The minimum absolute atomic E-state index is 0.299. The van der Waals surface area contributed by atoms with Gasteiger partial charge in [0.25, 0.3) is 0 Å². The van der Waals surface area contributed by atoms with Gasteiger partial charge in [-0.15, -0.1) is 0 Å². The number of nitrogens with one attached hydrogen (secondary N) is 1. The Labute approximate surface area is 122 Å². The van der Waals surface area contributed by atoms with Gasteiger partial charge in [-0.1, -0.05) is 44.2 Å². The van der Waals surface area contributed by atoms with E-state index in [1.54, 1.807) is 0 Å². The molecule has 3 heteroatoms. The average Bonchev–Trinajstić information content (AvgIpc) is 2.85. The van der Waals surface area contributed by atoms with Crippen LogP contribution in [0, 0.1) is 5.92 Å². The largest absolute Gasteiger partial charge is 0.303 e. The highest BCUT2D eigenvalue weighted by molar-refractivity contribution is 5.20. The molecule has 0 aliphatic carbocycles. The standard InChI is InChI=1S/C17H25N3/c1-13(2)10-17(15-8-6-5-7-9-15)19-14(3)16-11-18-20(4)12-16/h5-9,11-14,17,19H,10H2,1-4H3. The number of benzene rings is 1. The van der Waals surface area contributed by atoms with Gasteiger partial charge in [-0.05, 0) is 24.8 Å². The van der Waals surface area contributed by atoms with Gasteiger partial charge in [0.1, 0.15) is 0 Å². The number of aryl methyl sites for hydroxylation is 1. The van der Waals surface area contributed by atoms with Crippen LogP contribution >= 0.6 is 0 Å². The molecule has 0 amide bonds. The molecule has 0 spiro atoms. The van der Waals surface area contributed by atoms with Gasteiger partial charge in [0.2, 0.25) is 0 Å². The van der Waals surface area contributed by atoms with Crippen molar-refractivity contribution in [2.24, 2.45) is 13.0 Å². The van der Waals surface area contributed by atoms with E-state index in [9.17, 15) is 0 Å². The smallest absolute Gasteiger partial charge is 0.0537 e. The molecule has 108 valence electrons. The normalized spacial score (nSPS) is 14.4. The Morgan fingerprint density at radius 1 is 1.10 bits per heavy atom. The lowest BCUT2D eigenvalue weighted by atomic mass is 9.96. The van der Waals surface area contributed by atoms with Crippen LogP contribution in [0.1, 0.15) is 50.4 Å². The van der Waals surface area contributed by atoms with Crippen molar-refractivity contribution < 1.29 is 0 Å². The molecule has 20 heavy (non-hydrogen) atoms. The minimum Gasteiger partial charge on any atom is -0.303 e. The first-order chi connectivity index (χ1) is 9.56. The molecule has 2 rings (SSSR count). The lowest BCUT2D eigenvalue weighted by Gasteiger charge is -2.25. The molecule has 1 heterocycles. The van der Waals surface area contributed by atoms with Gasteiger partial charge < -0.3 is 5.32 Å². The molecule has 2 aromatic rings. The van der Waals surface area contributed by atoms with E-state index in [0.29, 0.717) is 18.0 Å². The molecule has 1 aromatic heterocycles. The Hall–Kier alpha value is -1.61. The lowest BCUT2D eigenvalue weighted by molar-refractivity contribution is 0.394. The first kappa shape index (κ1) is 14.8. The third-order valence-electron chi connectivity index (χ3n) is 3.59. The van der Waals surface area contributed by atoms with E-state index in [-0.39, 0.29) is 0 Å². The molecule has 2 unspecified atom stereocenters. The number of nitrogens with zero attached hydrogens (tertiary/aromatic N) is 2. The summed E-state index contributed by atoms with van der Waals surface area (Å²) in [5, 5.41) is 8.00. The molecule has 0 saturated carbocycles. The zero-order valence-electron chi connectivity index (χ0n) is 12.9. The molecule has 0 aliphatic heterocycles. The summed E-state index contributed by atoms with van der Waals surface area (Å²) in [5.74, 6) is 0.661. The first-order valence-electron chi connectivity index (χ1n) is 7.35. The predicted octanol–water partition coefficient (Wildman–Crippen LogP) is 3.86. The molecule has 0 bridgehead atoms. The van der Waals surface area contributed by atoms with Crippen LogP contribution in [-0.4, -0.2) is 9.78 Å². The summed E-state index contributed by atoms with van der Waals surface area (Å²) in [6, 6.07) is 11.4. The Kier molecular flexibility index (Phi) is 4.96. The van der Waals surface area contributed by atoms with Gasteiger partial charge in [0.05, 0.1) is 6.20 Å². The molecule has 0 radical (unpaired) electrons. The number of aromatic nitrogens is 2. The van der Waals surface area contributed by atoms with Crippen molar-refractivity contribution >= 4 is 0 Å². The second-order valence-electron chi connectivity index (χ2n) is 5.93. The molecule has 0 aliphatic rings. The molecule has 2 atom stereocenters. The van der Waals surface area contributed by atoms with Crippen LogP contribution in [0.15, 0.2) is 42.7 Å². The van der Waals surface area contributed by atoms with Gasteiger partial charge in [0, 0.05) is 30.9 Å². The van der Waals surface area contributed by atoms with Gasteiger partial charge in [-0.2, -0.15) is 5.10 Å². The minimum atomic E-state index is 0.299. The summed E-state index contributed by atoms with van der Waals surface area (Å²) < 4.78 is 1.85. The maximum absolute atomic E-state index is 4.26. The van der Waals surface area contributed by atoms with Crippen LogP contribution in [0.3, 0.4) is 0 Å². The van der Waals surface area contributed by atoms with Crippen LogP contribution in [0.2, 0.25) is 0 Å². The highest BCUT2D eigenvalue weighted by Crippen LogP contribution is 2.25. The number of rotatable bonds is 6. The topological polar surface area (TPSA) is 29.9 Å². The van der Waals surface area contributed by atoms with E-state index in [2.05, 4.69) is 67.7 Å². The van der Waals surface area contributed by atoms with Gasteiger partial charge in [-0.3, -0.25) is 4.68 Å². The summed E-state index contributed by atoms with van der Waals surface area (Å²) in [6.07, 6.45) is 5.15. The second-order valence-corrected chi connectivity index (χ2v) is 5.93. The van der Waals surface area contributed by atoms with Crippen molar-refractivity contribution in [1.29, 1.82) is 0 Å². The zero-order chi connectivity index (χ0) is 14.5. The summed E-state index contributed by atoms with van der Waals surface area (Å²) in [6.45, 7) is 6.74. The van der Waals surface area contributed by atoms with Crippen LogP contribution in [-0.2, 0) is 7.05 Å². The van der Waals surface area contributed by atoms with Gasteiger partial charge in [0.15, 0.2) is 0 Å². The third kappa shape index (κ3) is 3.94. The molecule has 0 saturated heterocycles. The Balaban J connectivity index is 2.11. The molecule has 1 aromatic carbocycles. The number of hydrogen-bond acceptors (Lipinski definition) is 2. The van der Waals surface area contributed by atoms with Crippen molar-refractivity contribution in [2.75, 3.05) is 0 Å². The second kappa shape index (κ2) is 6.71. The average molecular weight is 271 g/mol. The fraction of sp³-hybridized carbons (Fsp3) is 0.471. The predicted molar refractivity (Wildman–Crippen MR) is 83.4 cm³/mol. The Bertz CT molecular complexity index is 516. The van der Waals surface area contributed by atoms with E-state index in [1.165, 1.54) is 11.1 Å². The summed E-state index contributed by atoms with van der Waals surface area (Å²) in [7, 11) is 1.96. The van der Waals surface area contributed by atoms with E-state index >= 15 is 0 Å². The molecule has 0 fully saturated rings. The van der Waals surface area contributed by atoms with Gasteiger partial charge >= 0.3 is 0 Å². The molecule has 3 nitrogen and oxygen atoms in total. The lowest BCUT2D eigenvalue weighted by Crippen LogP contribution is -2.25. The zero-order valence-corrected chi connectivity index (χ0v) is 12.9. The quantitative estimate of drug-likeness (QED) is 0.864. The maximum atomic E-state index is 4.26. The Morgan fingerprint density at radius 3 is 2.35 bits per heavy atom. The maximum Gasteiger partial charge on any atom is 0.0537 e. The van der Waals surface area contributed by atoms with E-state index in [4.69, 9.17) is 0 Å². The molecular formula is C17H25N3. The Morgan fingerprint density at radius 2 is 1.80 bits per heavy atom. The SMILES string of the molecule is CC(C)CC(NC(C)c1cnn(C)c1)c1ccccc1. The van der Waals surface area contributed by atoms with Gasteiger partial charge in [-0.25, -0.2) is 0 Å². The molecular weight excluding hydrogens is 246 g/mol. The van der Waals surface area contributed by atoms with Crippen molar-refractivity contribution in [1.82, 2.24) is 15.1 Å². The molecule has 1 N–H and O–H groups in total. The fourth-order valence-corrected chi connectivity index (χ4v) is 2.52. The number of hydrogen-bond donors (Lipinski definition) is 1. The van der Waals surface area contributed by atoms with E-state index in [1.807, 2.05) is 17.9 Å². The van der Waals surface area contributed by atoms with Crippen LogP contribution in [0.4, 0.5) is 0 Å². The highest BCUT2D eigenvalue weighted by Gasteiger charge is 2.17.